The third-order valence-electron chi connectivity index (χ3n) is 5.20. The third-order valence-corrected chi connectivity index (χ3v) is 5.20. The summed E-state index contributed by atoms with van der Waals surface area (Å²) in [7, 11) is 0. The molecule has 0 saturated heterocycles. The highest BCUT2D eigenvalue weighted by atomic mass is 16.2. The van der Waals surface area contributed by atoms with Crippen molar-refractivity contribution in [1.82, 2.24) is 15.0 Å². The van der Waals surface area contributed by atoms with Gasteiger partial charge >= 0.3 is 0 Å². The Morgan fingerprint density at radius 3 is 1.66 bits per heavy atom. The van der Waals surface area contributed by atoms with Gasteiger partial charge in [-0.25, -0.2) is 0 Å². The number of hydrogen-bond donors (Lipinski definition) is 2. The van der Waals surface area contributed by atoms with E-state index >= 15 is 0 Å². The molecule has 3 rings (SSSR count). The van der Waals surface area contributed by atoms with Gasteiger partial charge in [0, 0.05) is 17.5 Å². The highest BCUT2D eigenvalue weighted by Gasteiger charge is 2.14. The lowest BCUT2D eigenvalue weighted by molar-refractivity contribution is 0.101. The van der Waals surface area contributed by atoms with E-state index in [4.69, 9.17) is 0 Å². The molecule has 1 aromatic heterocycles. The van der Waals surface area contributed by atoms with Gasteiger partial charge in [-0.05, 0) is 44.5 Å². The highest BCUT2D eigenvalue weighted by Crippen LogP contribution is 2.14. The van der Waals surface area contributed by atoms with Gasteiger partial charge in [0.05, 0.1) is 0 Å². The van der Waals surface area contributed by atoms with Gasteiger partial charge in [-0.2, -0.15) is 15.0 Å². The van der Waals surface area contributed by atoms with E-state index in [0.29, 0.717) is 23.4 Å². The van der Waals surface area contributed by atoms with Crippen molar-refractivity contribution in [3.63, 3.8) is 0 Å². The topological polar surface area (TPSA) is 96.9 Å². The smallest absolute Gasteiger partial charge is 0.258 e. The summed E-state index contributed by atoms with van der Waals surface area (Å²) in [5, 5.41) is 5.49. The van der Waals surface area contributed by atoms with Crippen molar-refractivity contribution >= 4 is 23.7 Å². The number of aryl methyl sites for hydroxylation is 3. The van der Waals surface area contributed by atoms with E-state index in [0.717, 1.165) is 30.4 Å². The van der Waals surface area contributed by atoms with Gasteiger partial charge < -0.3 is 0 Å². The van der Waals surface area contributed by atoms with Gasteiger partial charge in [0.2, 0.25) is 11.9 Å². The van der Waals surface area contributed by atoms with Crippen molar-refractivity contribution in [3.05, 3.63) is 76.6 Å². The van der Waals surface area contributed by atoms with Gasteiger partial charge in [-0.1, -0.05) is 81.8 Å². The Balaban J connectivity index is 0.00000210. The summed E-state index contributed by atoms with van der Waals surface area (Å²) in [5.41, 5.74) is 3.00. The van der Waals surface area contributed by atoms with Crippen LogP contribution in [0.4, 0.5) is 11.9 Å². The van der Waals surface area contributed by atoms with Crippen molar-refractivity contribution in [2.75, 3.05) is 10.6 Å². The highest BCUT2D eigenvalue weighted by molar-refractivity contribution is 6.04. The van der Waals surface area contributed by atoms with Crippen LogP contribution in [0.3, 0.4) is 0 Å². The summed E-state index contributed by atoms with van der Waals surface area (Å²) in [6, 6.07) is 14.6. The summed E-state index contributed by atoms with van der Waals surface area (Å²) < 4.78 is 0. The minimum Gasteiger partial charge on any atom is -0.290 e. The first kappa shape index (κ1) is 27.6. The molecule has 0 saturated carbocycles. The lowest BCUT2D eigenvalue weighted by Gasteiger charge is -2.10. The van der Waals surface area contributed by atoms with Crippen LogP contribution in [0, 0.1) is 13.8 Å². The molecule has 7 heteroatoms. The summed E-state index contributed by atoms with van der Waals surface area (Å²) in [5.74, 6) is 0.171. The molecule has 35 heavy (non-hydrogen) atoms. The molecule has 2 N–H and O–H groups in total. The van der Waals surface area contributed by atoms with E-state index in [9.17, 15) is 9.59 Å². The van der Waals surface area contributed by atoms with E-state index < -0.39 is 0 Å². The number of nitrogens with zero attached hydrogens (tertiary/aromatic N) is 3. The number of anilines is 2. The Kier molecular flexibility index (Phi) is 11.5. The monoisotopic (exact) mass is 475 g/mol. The molecule has 0 aliphatic carbocycles. The molecular weight excluding hydrogens is 438 g/mol. The van der Waals surface area contributed by atoms with Crippen LogP contribution in [0.1, 0.15) is 90.5 Å². The van der Waals surface area contributed by atoms with Gasteiger partial charge in [0.15, 0.2) is 0 Å². The van der Waals surface area contributed by atoms with Crippen LogP contribution in [-0.2, 0) is 6.42 Å². The summed E-state index contributed by atoms with van der Waals surface area (Å²) in [4.78, 5) is 38.5. The molecule has 3 aromatic rings. The Labute approximate surface area is 208 Å². The molecular formula is C28H37N5O2. The average Bonchev–Trinajstić information content (AvgIpc) is 2.85. The van der Waals surface area contributed by atoms with Crippen LogP contribution in [0.5, 0.6) is 0 Å². The van der Waals surface area contributed by atoms with Crippen LogP contribution >= 0.6 is 0 Å². The van der Waals surface area contributed by atoms with E-state index in [1.165, 1.54) is 12.8 Å². The fraction of sp³-hybridized carbons (Fsp3) is 0.393. The number of benzene rings is 2. The molecule has 0 aliphatic heterocycles. The molecule has 2 amide bonds. The second-order valence-electron chi connectivity index (χ2n) is 8.21. The van der Waals surface area contributed by atoms with Crippen molar-refractivity contribution < 1.29 is 9.59 Å². The maximum absolute atomic E-state index is 12.7. The number of hydrogen-bond acceptors (Lipinski definition) is 5. The number of amides is 2. The minimum absolute atomic E-state index is 0.125. The SMILES string of the molecule is CC.CCCCCCCc1nc(NC(=O)c2cccc(C)c2)nc(NC(=O)c2cccc(C)c2)n1. The lowest BCUT2D eigenvalue weighted by Crippen LogP contribution is -2.19. The molecule has 7 nitrogen and oxygen atoms in total. The van der Waals surface area contributed by atoms with E-state index in [-0.39, 0.29) is 23.7 Å². The molecule has 0 spiro atoms. The first-order valence-corrected chi connectivity index (χ1v) is 12.5. The number of carbonyl (C=O) groups excluding carboxylic acids is 2. The fourth-order valence-electron chi connectivity index (χ4n) is 3.45. The Hall–Kier alpha value is -3.61. The van der Waals surface area contributed by atoms with Crippen molar-refractivity contribution in [2.45, 2.75) is 73.1 Å². The normalized spacial score (nSPS) is 10.2. The van der Waals surface area contributed by atoms with Crippen LogP contribution in [0.2, 0.25) is 0 Å². The quantitative estimate of drug-likeness (QED) is 0.325. The number of unbranched alkanes of at least 4 members (excludes halogenated alkanes) is 4. The van der Waals surface area contributed by atoms with Crippen molar-refractivity contribution in [2.24, 2.45) is 0 Å². The molecule has 1 heterocycles. The number of nitrogens with one attached hydrogen (secondary N) is 2. The second kappa shape index (κ2) is 14.6. The first-order valence-electron chi connectivity index (χ1n) is 12.5. The van der Waals surface area contributed by atoms with Gasteiger partial charge in [0.1, 0.15) is 5.82 Å². The van der Waals surface area contributed by atoms with Crippen molar-refractivity contribution in [1.29, 1.82) is 0 Å². The molecule has 2 aromatic carbocycles. The zero-order chi connectivity index (χ0) is 25.6. The fourth-order valence-corrected chi connectivity index (χ4v) is 3.45. The minimum atomic E-state index is -0.310. The number of carbonyl (C=O) groups is 2. The molecule has 0 unspecified atom stereocenters. The van der Waals surface area contributed by atoms with E-state index in [1.807, 2.05) is 52.0 Å². The van der Waals surface area contributed by atoms with E-state index in [2.05, 4.69) is 32.5 Å². The summed E-state index contributed by atoms with van der Waals surface area (Å²) in [6.45, 7) is 10.0. The summed E-state index contributed by atoms with van der Waals surface area (Å²) in [6.07, 6.45) is 6.20. The maximum atomic E-state index is 12.7. The van der Waals surface area contributed by atoms with Crippen LogP contribution in [0.15, 0.2) is 48.5 Å². The third kappa shape index (κ3) is 9.27. The Morgan fingerprint density at radius 2 is 1.20 bits per heavy atom. The van der Waals surface area contributed by atoms with Crippen molar-refractivity contribution in [3.8, 4) is 0 Å². The van der Waals surface area contributed by atoms with Gasteiger partial charge in [0.25, 0.3) is 11.8 Å². The van der Waals surface area contributed by atoms with Crippen LogP contribution < -0.4 is 10.6 Å². The Morgan fingerprint density at radius 1 is 0.714 bits per heavy atom. The van der Waals surface area contributed by atoms with Crippen LogP contribution in [-0.4, -0.2) is 26.8 Å². The standard InChI is InChI=1S/C26H31N5O2.C2H6/c1-4-5-6-7-8-15-22-27-25(29-23(32)20-13-9-11-18(2)16-20)31-26(28-22)30-24(33)21-14-10-12-19(3)17-21;1-2/h9-14,16-17H,4-8,15H2,1-3H3,(H2,27,28,29,30,31,32,33);1-2H3. The van der Waals surface area contributed by atoms with Gasteiger partial charge in [-0.3, -0.25) is 20.2 Å². The second-order valence-corrected chi connectivity index (χ2v) is 8.21. The molecule has 186 valence electrons. The number of aromatic nitrogens is 3. The Bertz CT molecular complexity index is 1040. The lowest BCUT2D eigenvalue weighted by atomic mass is 10.1. The first-order chi connectivity index (χ1) is 16.9. The van der Waals surface area contributed by atoms with Gasteiger partial charge in [-0.15, -0.1) is 0 Å². The molecule has 0 fully saturated rings. The maximum Gasteiger partial charge on any atom is 0.258 e. The summed E-state index contributed by atoms with van der Waals surface area (Å²) >= 11 is 0. The molecule has 0 aliphatic rings. The number of rotatable bonds is 10. The zero-order valence-corrected chi connectivity index (χ0v) is 21.5. The molecule has 0 bridgehead atoms. The molecule has 0 atom stereocenters. The predicted molar refractivity (Wildman–Crippen MR) is 142 cm³/mol. The van der Waals surface area contributed by atoms with Crippen LogP contribution in [0.25, 0.3) is 0 Å². The molecule has 0 radical (unpaired) electrons. The van der Waals surface area contributed by atoms with E-state index in [1.54, 1.807) is 24.3 Å². The predicted octanol–water partition coefficient (Wildman–Crippen LogP) is 6.53. The average molecular weight is 476 g/mol. The largest absolute Gasteiger partial charge is 0.290 e. The zero-order valence-electron chi connectivity index (χ0n) is 21.5.